The number of anilines is 1. The number of hydrogen-bond donors (Lipinski definition) is 1. The average Bonchev–Trinajstić information content (AvgIpc) is 2.60. The summed E-state index contributed by atoms with van der Waals surface area (Å²) in [6, 6.07) is 3.69. The Hall–Kier alpha value is -2.20. The normalized spacial score (nSPS) is 12.7. The number of sulfonamides is 1. The van der Waals surface area contributed by atoms with Crippen LogP contribution in [0.25, 0.3) is 0 Å². The van der Waals surface area contributed by atoms with Crippen molar-refractivity contribution in [1.29, 1.82) is 0 Å². The Morgan fingerprint density at radius 2 is 1.92 bits per heavy atom. The molecule has 1 atom stereocenters. The van der Waals surface area contributed by atoms with Gasteiger partial charge in [-0.2, -0.15) is 4.31 Å². The molecule has 1 unspecified atom stereocenters. The van der Waals surface area contributed by atoms with E-state index in [1.165, 1.54) is 16.4 Å². The van der Waals surface area contributed by atoms with Gasteiger partial charge >= 0.3 is 5.97 Å². The number of nitro benzene ring substituents is 1. The van der Waals surface area contributed by atoms with Crippen molar-refractivity contribution in [2.45, 2.75) is 32.6 Å². The third kappa shape index (κ3) is 5.15. The van der Waals surface area contributed by atoms with E-state index in [1.54, 1.807) is 27.7 Å². The van der Waals surface area contributed by atoms with Gasteiger partial charge in [-0.25, -0.2) is 8.42 Å². The summed E-state index contributed by atoms with van der Waals surface area (Å²) in [5, 5.41) is 14.2. The minimum Gasteiger partial charge on any atom is -0.466 e. The van der Waals surface area contributed by atoms with Crippen molar-refractivity contribution in [3.63, 3.8) is 0 Å². The molecule has 0 heterocycles. The first-order valence-electron chi connectivity index (χ1n) is 8.38. The number of benzene rings is 1. The van der Waals surface area contributed by atoms with Crippen LogP contribution in [0.3, 0.4) is 0 Å². The standard InChI is InChI=1S/C16H25N3O6S/c1-5-18(6-2)26(23,24)13-8-9-14(15(10-13)19(21)22)17-11-12(4)16(20)25-7-3/h8-10,12,17H,5-7,11H2,1-4H3. The minimum absolute atomic E-state index is 0.127. The summed E-state index contributed by atoms with van der Waals surface area (Å²) in [6.07, 6.45) is 0. The molecule has 0 aliphatic carbocycles. The molecule has 0 radical (unpaired) electrons. The fourth-order valence-corrected chi connectivity index (χ4v) is 3.79. The van der Waals surface area contributed by atoms with Gasteiger partial charge in [0, 0.05) is 25.7 Å². The number of carbonyl (C=O) groups excluding carboxylic acids is 1. The molecule has 146 valence electrons. The maximum absolute atomic E-state index is 12.5. The van der Waals surface area contributed by atoms with Crippen LogP contribution >= 0.6 is 0 Å². The van der Waals surface area contributed by atoms with Gasteiger partial charge in [-0.05, 0) is 19.1 Å². The molecule has 1 N–H and O–H groups in total. The Bertz CT molecular complexity index is 746. The Kier molecular flexibility index (Phi) is 7.97. The van der Waals surface area contributed by atoms with Gasteiger partial charge in [0.1, 0.15) is 5.69 Å². The SMILES string of the molecule is CCOC(=O)C(C)CNc1ccc(S(=O)(=O)N(CC)CC)cc1[N+](=O)[O-]. The van der Waals surface area contributed by atoms with Crippen molar-refractivity contribution < 1.29 is 22.9 Å². The number of hydrogen-bond acceptors (Lipinski definition) is 7. The predicted octanol–water partition coefficient (Wildman–Crippen LogP) is 2.24. The molecule has 0 bridgehead atoms. The van der Waals surface area contributed by atoms with E-state index in [9.17, 15) is 23.3 Å². The third-order valence-corrected chi connectivity index (χ3v) is 5.84. The van der Waals surface area contributed by atoms with Gasteiger partial charge in [-0.1, -0.05) is 20.8 Å². The fourth-order valence-electron chi connectivity index (χ4n) is 2.32. The molecule has 1 aromatic carbocycles. The highest BCUT2D eigenvalue weighted by atomic mass is 32.2. The minimum atomic E-state index is -3.80. The first kappa shape index (κ1) is 21.8. The van der Waals surface area contributed by atoms with Gasteiger partial charge in [0.05, 0.1) is 22.3 Å². The van der Waals surface area contributed by atoms with Crippen LogP contribution in [0.4, 0.5) is 11.4 Å². The van der Waals surface area contributed by atoms with Crippen LogP contribution in [0.1, 0.15) is 27.7 Å². The quantitative estimate of drug-likeness (QED) is 0.371. The zero-order valence-electron chi connectivity index (χ0n) is 15.4. The Labute approximate surface area is 153 Å². The molecule has 9 nitrogen and oxygen atoms in total. The second-order valence-corrected chi connectivity index (χ2v) is 7.50. The van der Waals surface area contributed by atoms with Crippen LogP contribution in [0.5, 0.6) is 0 Å². The van der Waals surface area contributed by atoms with E-state index in [0.29, 0.717) is 0 Å². The van der Waals surface area contributed by atoms with Crippen LogP contribution in [-0.4, -0.2) is 49.9 Å². The molecule has 0 spiro atoms. The second kappa shape index (κ2) is 9.48. The molecule has 0 amide bonds. The number of nitro groups is 1. The summed E-state index contributed by atoms with van der Waals surface area (Å²) in [5.41, 5.74) is -0.223. The molecule has 0 aliphatic heterocycles. The van der Waals surface area contributed by atoms with Gasteiger partial charge in [0.15, 0.2) is 0 Å². The van der Waals surface area contributed by atoms with Crippen molar-refractivity contribution in [2.75, 3.05) is 31.6 Å². The van der Waals surface area contributed by atoms with Crippen LogP contribution < -0.4 is 5.32 Å². The monoisotopic (exact) mass is 387 g/mol. The van der Waals surface area contributed by atoms with Crippen molar-refractivity contribution in [3.8, 4) is 0 Å². The van der Waals surface area contributed by atoms with Crippen molar-refractivity contribution in [2.24, 2.45) is 5.92 Å². The number of nitrogens with one attached hydrogen (secondary N) is 1. The predicted molar refractivity (Wildman–Crippen MR) is 97.5 cm³/mol. The number of carbonyl (C=O) groups is 1. The van der Waals surface area contributed by atoms with E-state index in [0.717, 1.165) is 6.07 Å². The highest BCUT2D eigenvalue weighted by molar-refractivity contribution is 7.89. The van der Waals surface area contributed by atoms with Crippen LogP contribution in [0.15, 0.2) is 23.1 Å². The molecule has 0 saturated carbocycles. The van der Waals surface area contributed by atoms with E-state index in [4.69, 9.17) is 4.74 Å². The molecule has 0 saturated heterocycles. The first-order valence-corrected chi connectivity index (χ1v) is 9.82. The highest BCUT2D eigenvalue weighted by Crippen LogP contribution is 2.29. The Morgan fingerprint density at radius 1 is 1.31 bits per heavy atom. The summed E-state index contributed by atoms with van der Waals surface area (Å²) in [5.74, 6) is -0.919. The Morgan fingerprint density at radius 3 is 2.42 bits per heavy atom. The summed E-state index contributed by atoms with van der Waals surface area (Å²) < 4.78 is 31.2. The first-order chi connectivity index (χ1) is 12.2. The topological polar surface area (TPSA) is 119 Å². The van der Waals surface area contributed by atoms with Crippen LogP contribution in [0.2, 0.25) is 0 Å². The zero-order chi connectivity index (χ0) is 19.9. The van der Waals surface area contributed by atoms with Crippen molar-refractivity contribution in [1.82, 2.24) is 4.31 Å². The molecule has 1 aromatic rings. The van der Waals surface area contributed by atoms with E-state index in [-0.39, 0.29) is 42.5 Å². The van der Waals surface area contributed by atoms with Gasteiger partial charge < -0.3 is 10.1 Å². The van der Waals surface area contributed by atoms with Gasteiger partial charge in [-0.3, -0.25) is 14.9 Å². The molecule has 26 heavy (non-hydrogen) atoms. The molecule has 0 fully saturated rings. The summed E-state index contributed by atoms with van der Waals surface area (Å²) in [6.45, 7) is 7.63. The smallest absolute Gasteiger partial charge is 0.310 e. The third-order valence-electron chi connectivity index (χ3n) is 3.80. The van der Waals surface area contributed by atoms with Gasteiger partial charge in [0.25, 0.3) is 5.69 Å². The highest BCUT2D eigenvalue weighted by Gasteiger charge is 2.26. The summed E-state index contributed by atoms with van der Waals surface area (Å²) in [4.78, 5) is 22.2. The van der Waals surface area contributed by atoms with E-state index < -0.39 is 26.8 Å². The number of esters is 1. The molecule has 10 heteroatoms. The van der Waals surface area contributed by atoms with E-state index in [2.05, 4.69) is 5.32 Å². The van der Waals surface area contributed by atoms with Crippen LogP contribution in [-0.2, 0) is 19.6 Å². The molecular weight excluding hydrogens is 362 g/mol. The molecular formula is C16H25N3O6S. The average molecular weight is 387 g/mol. The number of ether oxygens (including phenoxy) is 1. The zero-order valence-corrected chi connectivity index (χ0v) is 16.2. The number of rotatable bonds is 10. The van der Waals surface area contributed by atoms with Crippen molar-refractivity contribution >= 4 is 27.4 Å². The maximum Gasteiger partial charge on any atom is 0.310 e. The lowest BCUT2D eigenvalue weighted by atomic mass is 10.1. The van der Waals surface area contributed by atoms with E-state index in [1.807, 2.05) is 0 Å². The van der Waals surface area contributed by atoms with Crippen molar-refractivity contribution in [3.05, 3.63) is 28.3 Å². The van der Waals surface area contributed by atoms with Gasteiger partial charge in [0.2, 0.25) is 10.0 Å². The van der Waals surface area contributed by atoms with E-state index >= 15 is 0 Å². The molecule has 0 aromatic heterocycles. The number of nitrogens with zero attached hydrogens (tertiary/aromatic N) is 2. The maximum atomic E-state index is 12.5. The summed E-state index contributed by atoms with van der Waals surface area (Å²) >= 11 is 0. The molecule has 0 aliphatic rings. The van der Waals surface area contributed by atoms with Gasteiger partial charge in [-0.15, -0.1) is 0 Å². The largest absolute Gasteiger partial charge is 0.466 e. The second-order valence-electron chi connectivity index (χ2n) is 5.56. The lowest BCUT2D eigenvalue weighted by molar-refractivity contribution is -0.384. The Balaban J connectivity index is 3.10. The molecule has 1 rings (SSSR count). The lowest BCUT2D eigenvalue weighted by Gasteiger charge is -2.19. The summed E-state index contributed by atoms with van der Waals surface area (Å²) in [7, 11) is -3.80. The lowest BCUT2D eigenvalue weighted by Crippen LogP contribution is -2.30. The fraction of sp³-hybridized carbons (Fsp3) is 0.562. The van der Waals surface area contributed by atoms with Crippen LogP contribution in [0, 0.1) is 16.0 Å².